The van der Waals surface area contributed by atoms with Crippen LogP contribution in [0, 0.1) is 0 Å². The highest BCUT2D eigenvalue weighted by Crippen LogP contribution is 2.28. The molecule has 0 aliphatic carbocycles. The molecule has 0 atom stereocenters. The number of hydrogen-bond acceptors (Lipinski definition) is 3. The zero-order chi connectivity index (χ0) is 16.8. The molecule has 0 bridgehead atoms. The van der Waals surface area contributed by atoms with E-state index in [4.69, 9.17) is 5.73 Å². The quantitative estimate of drug-likeness (QED) is 0.656. The van der Waals surface area contributed by atoms with Crippen molar-refractivity contribution >= 4 is 5.78 Å². The van der Waals surface area contributed by atoms with E-state index in [0.29, 0.717) is 25.2 Å². The molecule has 0 aliphatic heterocycles. The number of nitrogens with zero attached hydrogens (tertiary/aromatic N) is 1. The lowest BCUT2D eigenvalue weighted by molar-refractivity contribution is 0.0968. The molecule has 0 unspecified atom stereocenters. The molecule has 3 aromatic rings. The number of carbonyl (C=O) groups excluding carboxylic acids is 1. The van der Waals surface area contributed by atoms with Crippen LogP contribution in [-0.4, -0.2) is 22.3 Å². The van der Waals surface area contributed by atoms with Gasteiger partial charge in [0, 0.05) is 30.7 Å². The van der Waals surface area contributed by atoms with Gasteiger partial charge < -0.3 is 10.7 Å². The van der Waals surface area contributed by atoms with Gasteiger partial charge in [-0.3, -0.25) is 4.79 Å². The first-order chi connectivity index (χ1) is 11.8. The highest BCUT2D eigenvalue weighted by atomic mass is 16.1. The third-order valence-corrected chi connectivity index (χ3v) is 4.10. The number of H-pyrrole nitrogens is 1. The summed E-state index contributed by atoms with van der Waals surface area (Å²) >= 11 is 0. The highest BCUT2D eigenvalue weighted by molar-refractivity contribution is 5.93. The van der Waals surface area contributed by atoms with Crippen LogP contribution in [0.15, 0.2) is 66.9 Å². The summed E-state index contributed by atoms with van der Waals surface area (Å²) in [5, 5.41) is 0. The van der Waals surface area contributed by atoms with Gasteiger partial charge in [-0.05, 0) is 17.7 Å². The molecule has 0 amide bonds. The van der Waals surface area contributed by atoms with Crippen LogP contribution in [0.25, 0.3) is 0 Å². The fourth-order valence-corrected chi connectivity index (χ4v) is 2.86. The predicted molar refractivity (Wildman–Crippen MR) is 95.0 cm³/mol. The van der Waals surface area contributed by atoms with Crippen LogP contribution >= 0.6 is 0 Å². The van der Waals surface area contributed by atoms with Crippen LogP contribution in [-0.2, 0) is 6.42 Å². The summed E-state index contributed by atoms with van der Waals surface area (Å²) in [6, 6.07) is 20.2. The zero-order valence-electron chi connectivity index (χ0n) is 13.5. The maximum absolute atomic E-state index is 12.7. The van der Waals surface area contributed by atoms with E-state index in [9.17, 15) is 4.79 Å². The molecule has 1 heterocycles. The van der Waals surface area contributed by atoms with Crippen molar-refractivity contribution in [1.82, 2.24) is 9.97 Å². The summed E-state index contributed by atoms with van der Waals surface area (Å²) in [6.45, 7) is 0.534. The molecule has 2 aromatic carbocycles. The summed E-state index contributed by atoms with van der Waals surface area (Å²) < 4.78 is 0. The summed E-state index contributed by atoms with van der Waals surface area (Å²) in [4.78, 5) is 20.0. The second-order valence-electron chi connectivity index (χ2n) is 5.80. The van der Waals surface area contributed by atoms with Crippen molar-refractivity contribution in [2.75, 3.05) is 6.54 Å². The SMILES string of the molecule is NCCc1cnc(C(=O)CC(c2ccccc2)c2ccccc2)[nH]1. The lowest BCUT2D eigenvalue weighted by Crippen LogP contribution is -2.11. The van der Waals surface area contributed by atoms with Crippen molar-refractivity contribution in [3.63, 3.8) is 0 Å². The Balaban J connectivity index is 1.85. The predicted octanol–water partition coefficient (Wildman–Crippen LogP) is 3.32. The number of aromatic nitrogens is 2. The average Bonchev–Trinajstić information content (AvgIpc) is 3.10. The van der Waals surface area contributed by atoms with Crippen LogP contribution in [0.5, 0.6) is 0 Å². The lowest BCUT2D eigenvalue weighted by atomic mass is 9.87. The Morgan fingerprint density at radius 3 is 2.12 bits per heavy atom. The Morgan fingerprint density at radius 2 is 1.58 bits per heavy atom. The first-order valence-electron chi connectivity index (χ1n) is 8.15. The molecular weight excluding hydrogens is 298 g/mol. The Hall–Kier alpha value is -2.72. The van der Waals surface area contributed by atoms with Crippen molar-refractivity contribution in [3.8, 4) is 0 Å². The summed E-state index contributed by atoms with van der Waals surface area (Å²) in [7, 11) is 0. The van der Waals surface area contributed by atoms with E-state index in [2.05, 4.69) is 34.2 Å². The molecule has 24 heavy (non-hydrogen) atoms. The van der Waals surface area contributed by atoms with Gasteiger partial charge in [-0.25, -0.2) is 4.98 Å². The normalized spacial score (nSPS) is 10.9. The number of nitrogens with one attached hydrogen (secondary N) is 1. The number of hydrogen-bond donors (Lipinski definition) is 2. The fraction of sp³-hybridized carbons (Fsp3) is 0.200. The number of imidazole rings is 1. The van der Waals surface area contributed by atoms with Crippen molar-refractivity contribution < 1.29 is 4.79 Å². The molecule has 0 spiro atoms. The summed E-state index contributed by atoms with van der Waals surface area (Å²) in [6.07, 6.45) is 2.77. The van der Waals surface area contributed by atoms with Crippen molar-refractivity contribution in [2.45, 2.75) is 18.8 Å². The van der Waals surface area contributed by atoms with E-state index < -0.39 is 0 Å². The molecule has 4 nitrogen and oxygen atoms in total. The summed E-state index contributed by atoms with van der Waals surface area (Å²) in [5.74, 6) is 0.439. The molecule has 0 aliphatic rings. The van der Waals surface area contributed by atoms with Crippen molar-refractivity contribution in [2.24, 2.45) is 5.73 Å². The Morgan fingerprint density at radius 1 is 1.00 bits per heavy atom. The van der Waals surface area contributed by atoms with E-state index in [1.54, 1.807) is 6.20 Å². The maximum atomic E-state index is 12.7. The molecule has 3 N–H and O–H groups in total. The van der Waals surface area contributed by atoms with Gasteiger partial charge in [0.25, 0.3) is 0 Å². The van der Waals surface area contributed by atoms with Gasteiger partial charge in [-0.2, -0.15) is 0 Å². The van der Waals surface area contributed by atoms with Crippen LogP contribution in [0.3, 0.4) is 0 Å². The number of Topliss-reactive ketones (excluding diaryl/α,β-unsaturated/α-hetero) is 1. The van der Waals surface area contributed by atoms with Gasteiger partial charge in [0.2, 0.25) is 0 Å². The third-order valence-electron chi connectivity index (χ3n) is 4.10. The van der Waals surface area contributed by atoms with E-state index in [1.165, 1.54) is 0 Å². The van der Waals surface area contributed by atoms with E-state index in [1.807, 2.05) is 36.4 Å². The van der Waals surface area contributed by atoms with Crippen LogP contribution in [0.4, 0.5) is 0 Å². The minimum Gasteiger partial charge on any atom is -0.339 e. The second-order valence-corrected chi connectivity index (χ2v) is 5.80. The Labute approximate surface area is 141 Å². The number of rotatable bonds is 7. The van der Waals surface area contributed by atoms with Crippen LogP contribution < -0.4 is 5.73 Å². The first kappa shape index (κ1) is 16.1. The van der Waals surface area contributed by atoms with Crippen molar-refractivity contribution in [1.29, 1.82) is 0 Å². The Kier molecular flexibility index (Phi) is 5.18. The molecular formula is C20H21N3O. The van der Waals surface area contributed by atoms with E-state index in [0.717, 1.165) is 16.8 Å². The largest absolute Gasteiger partial charge is 0.339 e. The highest BCUT2D eigenvalue weighted by Gasteiger charge is 2.20. The van der Waals surface area contributed by atoms with Crippen molar-refractivity contribution in [3.05, 3.63) is 89.5 Å². The zero-order valence-corrected chi connectivity index (χ0v) is 13.5. The van der Waals surface area contributed by atoms with Gasteiger partial charge in [0.1, 0.15) is 0 Å². The van der Waals surface area contributed by atoms with Gasteiger partial charge in [-0.15, -0.1) is 0 Å². The third kappa shape index (κ3) is 3.78. The smallest absolute Gasteiger partial charge is 0.198 e. The molecule has 0 radical (unpaired) electrons. The maximum Gasteiger partial charge on any atom is 0.198 e. The number of carbonyl (C=O) groups is 1. The molecule has 4 heteroatoms. The monoisotopic (exact) mass is 319 g/mol. The lowest BCUT2D eigenvalue weighted by Gasteiger charge is -2.17. The number of benzene rings is 2. The Bertz CT molecular complexity index is 741. The second kappa shape index (κ2) is 7.70. The number of ketones is 1. The number of aromatic amines is 1. The van der Waals surface area contributed by atoms with Gasteiger partial charge in [0.15, 0.2) is 11.6 Å². The topological polar surface area (TPSA) is 71.8 Å². The van der Waals surface area contributed by atoms with E-state index >= 15 is 0 Å². The van der Waals surface area contributed by atoms with E-state index in [-0.39, 0.29) is 11.7 Å². The molecule has 3 rings (SSSR count). The molecule has 0 saturated heterocycles. The molecule has 0 fully saturated rings. The molecule has 1 aromatic heterocycles. The van der Waals surface area contributed by atoms with Crippen LogP contribution in [0.1, 0.15) is 39.8 Å². The molecule has 0 saturated carbocycles. The first-order valence-corrected chi connectivity index (χ1v) is 8.15. The fourth-order valence-electron chi connectivity index (χ4n) is 2.86. The molecule has 122 valence electrons. The minimum absolute atomic E-state index is 0.0102. The van der Waals surface area contributed by atoms with Crippen LogP contribution in [0.2, 0.25) is 0 Å². The number of nitrogens with two attached hydrogens (primary N) is 1. The average molecular weight is 319 g/mol. The standard InChI is InChI=1S/C20H21N3O/c21-12-11-17-14-22-20(23-17)19(24)13-18(15-7-3-1-4-8-15)16-9-5-2-6-10-16/h1-10,14,18H,11-13,21H2,(H,22,23). The summed E-state index contributed by atoms with van der Waals surface area (Å²) in [5.41, 5.74) is 8.71. The van der Waals surface area contributed by atoms with Gasteiger partial charge in [0.05, 0.1) is 0 Å². The van der Waals surface area contributed by atoms with Gasteiger partial charge >= 0.3 is 0 Å². The minimum atomic E-state index is 0.0102. The van der Waals surface area contributed by atoms with Gasteiger partial charge in [-0.1, -0.05) is 60.7 Å².